The van der Waals surface area contributed by atoms with Crippen LogP contribution in [0.3, 0.4) is 0 Å². The first kappa shape index (κ1) is 30.1. The fourth-order valence-electron chi connectivity index (χ4n) is 3.85. The van der Waals surface area contributed by atoms with Gasteiger partial charge in [0.05, 0.1) is 26.9 Å². The van der Waals surface area contributed by atoms with Crippen molar-refractivity contribution in [3.63, 3.8) is 0 Å². The Balaban J connectivity index is 1.55. The van der Waals surface area contributed by atoms with Crippen LogP contribution < -0.4 is 19.5 Å². The van der Waals surface area contributed by atoms with Gasteiger partial charge in [-0.25, -0.2) is 9.59 Å². The van der Waals surface area contributed by atoms with Crippen LogP contribution in [0, 0.1) is 0 Å². The average Bonchev–Trinajstić information content (AvgIpc) is 3.00. The van der Waals surface area contributed by atoms with Crippen molar-refractivity contribution in [1.29, 1.82) is 0 Å². The minimum Gasteiger partial charge on any atom is -0.497 e. The average molecular weight is 552 g/mol. The number of methoxy groups -OCH3 is 3. The summed E-state index contributed by atoms with van der Waals surface area (Å²) in [5.74, 6) is 0.212. The largest absolute Gasteiger partial charge is 0.497 e. The molecule has 1 unspecified atom stereocenters. The molecule has 3 rings (SSSR count). The van der Waals surface area contributed by atoms with Crippen molar-refractivity contribution in [2.75, 3.05) is 41.0 Å². The summed E-state index contributed by atoms with van der Waals surface area (Å²) in [6.07, 6.45) is 0.154. The van der Waals surface area contributed by atoms with Gasteiger partial charge in [-0.3, -0.25) is 4.79 Å². The molecule has 0 heterocycles. The molecular weight excluding hydrogens is 518 g/mol. The summed E-state index contributed by atoms with van der Waals surface area (Å²) in [6, 6.07) is 16.7. The number of benzene rings is 3. The maximum Gasteiger partial charge on any atom is 0.342 e. The van der Waals surface area contributed by atoms with E-state index in [2.05, 4.69) is 5.32 Å². The Morgan fingerprint density at radius 2 is 1.60 bits per heavy atom. The van der Waals surface area contributed by atoms with Gasteiger partial charge in [-0.15, -0.1) is 0 Å². The van der Waals surface area contributed by atoms with E-state index in [9.17, 15) is 19.5 Å². The number of aliphatic hydroxyl groups excluding tert-OH is 1. The van der Waals surface area contributed by atoms with Gasteiger partial charge in [-0.05, 0) is 54.4 Å². The van der Waals surface area contributed by atoms with Crippen LogP contribution in [0.2, 0.25) is 0 Å². The molecule has 1 atom stereocenters. The Morgan fingerprint density at radius 3 is 2.23 bits per heavy atom. The Labute approximate surface area is 232 Å². The van der Waals surface area contributed by atoms with Gasteiger partial charge in [0, 0.05) is 12.1 Å². The lowest BCUT2D eigenvalue weighted by molar-refractivity contribution is 0.0260. The summed E-state index contributed by atoms with van der Waals surface area (Å²) < 4.78 is 26.7. The number of rotatable bonds is 15. The second-order valence-corrected chi connectivity index (χ2v) is 8.71. The molecule has 3 aromatic rings. The van der Waals surface area contributed by atoms with E-state index in [0.29, 0.717) is 41.9 Å². The van der Waals surface area contributed by atoms with Gasteiger partial charge in [0.15, 0.2) is 11.5 Å². The number of ether oxygens (including phenoxy) is 5. The monoisotopic (exact) mass is 551 g/mol. The number of aliphatic hydroxyl groups is 1. The van der Waals surface area contributed by atoms with E-state index in [1.807, 2.05) is 12.1 Å². The van der Waals surface area contributed by atoms with Gasteiger partial charge in [0.2, 0.25) is 0 Å². The van der Waals surface area contributed by atoms with Crippen LogP contribution in [0.5, 0.6) is 17.2 Å². The molecule has 212 valence electrons. The van der Waals surface area contributed by atoms with Crippen molar-refractivity contribution in [3.8, 4) is 17.2 Å². The molecule has 10 nitrogen and oxygen atoms in total. The van der Waals surface area contributed by atoms with E-state index in [0.717, 1.165) is 5.56 Å². The summed E-state index contributed by atoms with van der Waals surface area (Å²) in [7, 11) is 4.52. The second kappa shape index (κ2) is 15.2. The van der Waals surface area contributed by atoms with Gasteiger partial charge in [0.1, 0.15) is 36.9 Å². The van der Waals surface area contributed by atoms with Crippen molar-refractivity contribution < 1.29 is 43.2 Å². The van der Waals surface area contributed by atoms with Crippen molar-refractivity contribution in [2.45, 2.75) is 19.1 Å². The Hall–Kier alpha value is -4.41. The van der Waals surface area contributed by atoms with Crippen LogP contribution >= 0.6 is 0 Å². The number of nitrogens with one attached hydrogen (secondary N) is 1. The summed E-state index contributed by atoms with van der Waals surface area (Å²) >= 11 is 0. The highest BCUT2D eigenvalue weighted by Gasteiger charge is 2.23. The second-order valence-electron chi connectivity index (χ2n) is 8.71. The molecule has 2 N–H and O–H groups in total. The molecule has 40 heavy (non-hydrogen) atoms. The summed E-state index contributed by atoms with van der Waals surface area (Å²) in [5.41, 5.74) is 2.46. The van der Waals surface area contributed by atoms with E-state index in [-0.39, 0.29) is 36.6 Å². The maximum atomic E-state index is 13.1. The van der Waals surface area contributed by atoms with Gasteiger partial charge >= 0.3 is 11.9 Å². The lowest BCUT2D eigenvalue weighted by Gasteiger charge is -2.17. The molecule has 0 amide bonds. The van der Waals surface area contributed by atoms with Crippen LogP contribution in [0.15, 0.2) is 60.7 Å². The van der Waals surface area contributed by atoms with E-state index in [4.69, 9.17) is 23.7 Å². The third kappa shape index (κ3) is 8.29. The van der Waals surface area contributed by atoms with Crippen LogP contribution in [0.1, 0.15) is 42.2 Å². The first-order valence-corrected chi connectivity index (χ1v) is 12.5. The number of carbonyl (C=O) groups excluding carboxylic acids is 3. The number of hydrogen-bond acceptors (Lipinski definition) is 10. The molecule has 0 radical (unpaired) electrons. The van der Waals surface area contributed by atoms with E-state index in [1.165, 1.54) is 38.5 Å². The minimum absolute atomic E-state index is 0.0625. The third-order valence-corrected chi connectivity index (χ3v) is 6.01. The number of aldehydes is 1. The lowest BCUT2D eigenvalue weighted by Crippen LogP contribution is -2.32. The summed E-state index contributed by atoms with van der Waals surface area (Å²) in [6.45, 7) is 0.419. The molecule has 0 aliphatic heterocycles. The first-order valence-electron chi connectivity index (χ1n) is 12.5. The topological polar surface area (TPSA) is 130 Å². The normalized spacial score (nSPS) is 11.3. The Morgan fingerprint density at radius 1 is 0.875 bits per heavy atom. The highest BCUT2D eigenvalue weighted by Crippen LogP contribution is 2.34. The zero-order valence-corrected chi connectivity index (χ0v) is 22.7. The standard InChI is InChI=1S/C30H33NO9/c1-36-25-11-6-21(7-12-25)18-39-30(35)27-22(10-13-26(37-2)28(27)38-3)14-15-31-16-24(33)19-40-29(34)23-8-4-20(17-32)5-9-23/h4-13,17,24,31,33H,14-16,18-19H2,1-3H3. The highest BCUT2D eigenvalue weighted by atomic mass is 16.5. The fraction of sp³-hybridized carbons (Fsp3) is 0.300. The first-order chi connectivity index (χ1) is 19.4. The van der Waals surface area contributed by atoms with E-state index < -0.39 is 18.0 Å². The lowest BCUT2D eigenvalue weighted by atomic mass is 10.0. The molecule has 0 aliphatic carbocycles. The molecule has 0 aromatic heterocycles. The van der Waals surface area contributed by atoms with Gasteiger partial charge in [-0.1, -0.05) is 30.3 Å². The molecule has 3 aromatic carbocycles. The molecule has 0 bridgehead atoms. The number of carbonyl (C=O) groups is 3. The third-order valence-electron chi connectivity index (χ3n) is 6.01. The van der Waals surface area contributed by atoms with Crippen molar-refractivity contribution in [1.82, 2.24) is 5.32 Å². The Bertz CT molecular complexity index is 1270. The minimum atomic E-state index is -0.947. The van der Waals surface area contributed by atoms with E-state index in [1.54, 1.807) is 31.4 Å². The zero-order chi connectivity index (χ0) is 28.9. The zero-order valence-electron chi connectivity index (χ0n) is 22.7. The molecule has 0 spiro atoms. The van der Waals surface area contributed by atoms with E-state index >= 15 is 0 Å². The van der Waals surface area contributed by atoms with Crippen molar-refractivity contribution in [2.24, 2.45) is 0 Å². The molecular formula is C30H33NO9. The molecule has 0 aliphatic rings. The van der Waals surface area contributed by atoms with Crippen LogP contribution in [0.4, 0.5) is 0 Å². The molecule has 0 fully saturated rings. The number of esters is 2. The maximum absolute atomic E-state index is 13.1. The smallest absolute Gasteiger partial charge is 0.342 e. The Kier molecular flexibility index (Phi) is 11.5. The SMILES string of the molecule is COc1ccc(COC(=O)c2c(CCNCC(O)COC(=O)c3ccc(C=O)cc3)ccc(OC)c2OC)cc1. The number of hydrogen-bond donors (Lipinski definition) is 2. The molecule has 0 saturated heterocycles. The van der Waals surface area contributed by atoms with Gasteiger partial charge in [-0.2, -0.15) is 0 Å². The fourth-order valence-corrected chi connectivity index (χ4v) is 3.85. The quantitative estimate of drug-likeness (QED) is 0.165. The predicted octanol–water partition coefficient (Wildman–Crippen LogP) is 3.23. The van der Waals surface area contributed by atoms with Crippen molar-refractivity contribution >= 4 is 18.2 Å². The van der Waals surface area contributed by atoms with Crippen LogP contribution in [0.25, 0.3) is 0 Å². The molecule has 10 heteroatoms. The predicted molar refractivity (Wildman–Crippen MR) is 146 cm³/mol. The summed E-state index contributed by atoms with van der Waals surface area (Å²) in [4.78, 5) is 36.0. The highest BCUT2D eigenvalue weighted by molar-refractivity contribution is 5.95. The summed E-state index contributed by atoms with van der Waals surface area (Å²) in [5, 5.41) is 13.3. The van der Waals surface area contributed by atoms with Crippen LogP contribution in [-0.2, 0) is 22.5 Å². The van der Waals surface area contributed by atoms with Crippen LogP contribution in [-0.4, -0.2) is 70.5 Å². The van der Waals surface area contributed by atoms with Gasteiger partial charge < -0.3 is 34.1 Å². The van der Waals surface area contributed by atoms with Crippen molar-refractivity contribution in [3.05, 3.63) is 88.5 Å². The molecule has 0 saturated carbocycles. The van der Waals surface area contributed by atoms with Gasteiger partial charge in [0.25, 0.3) is 0 Å².